The molecular weight excluding hydrogens is 287 g/mol. The highest BCUT2D eigenvalue weighted by molar-refractivity contribution is 7.98. The summed E-state index contributed by atoms with van der Waals surface area (Å²) in [6.45, 7) is 0. The molecule has 1 heterocycles. The molecule has 1 aliphatic rings. The van der Waals surface area contributed by atoms with E-state index in [0.717, 1.165) is 24.1 Å². The van der Waals surface area contributed by atoms with E-state index in [1.807, 2.05) is 0 Å². The number of nitriles is 1. The van der Waals surface area contributed by atoms with Gasteiger partial charge in [-0.15, -0.1) is 0 Å². The van der Waals surface area contributed by atoms with Gasteiger partial charge in [-0.3, -0.25) is 0 Å². The summed E-state index contributed by atoms with van der Waals surface area (Å²) in [7, 11) is 0. The summed E-state index contributed by atoms with van der Waals surface area (Å²) in [6, 6.07) is 8.42. The number of halogens is 1. The van der Waals surface area contributed by atoms with Crippen LogP contribution in [0.5, 0.6) is 0 Å². The minimum Gasteiger partial charge on any atom is -0.382 e. The minimum atomic E-state index is -0.251. The number of hydrogen-bond donors (Lipinski definition) is 1. The highest BCUT2D eigenvalue weighted by atomic mass is 32.2. The van der Waals surface area contributed by atoms with Crippen molar-refractivity contribution in [3.05, 3.63) is 46.9 Å². The zero-order valence-corrected chi connectivity index (χ0v) is 12.0. The van der Waals surface area contributed by atoms with Gasteiger partial charge in [-0.1, -0.05) is 23.9 Å². The van der Waals surface area contributed by atoms with Crippen molar-refractivity contribution in [2.75, 3.05) is 5.73 Å². The van der Waals surface area contributed by atoms with E-state index in [0.29, 0.717) is 22.4 Å². The summed E-state index contributed by atoms with van der Waals surface area (Å²) in [5.74, 6) is 0.972. The Kier molecular flexibility index (Phi) is 3.76. The third-order valence-corrected chi connectivity index (χ3v) is 4.22. The lowest BCUT2D eigenvalue weighted by atomic mass is 10.1. The molecule has 4 nitrogen and oxygen atoms in total. The Hall–Kier alpha value is -2.13. The number of nitrogen functional groups attached to an aromatic ring is 1. The van der Waals surface area contributed by atoms with E-state index in [1.54, 1.807) is 12.1 Å². The van der Waals surface area contributed by atoms with Gasteiger partial charge >= 0.3 is 0 Å². The lowest BCUT2D eigenvalue weighted by Crippen LogP contribution is -2.04. The van der Waals surface area contributed by atoms with Crippen molar-refractivity contribution in [2.24, 2.45) is 0 Å². The fraction of sp³-hybridized carbons (Fsp3) is 0.267. The molecule has 1 saturated carbocycles. The van der Waals surface area contributed by atoms with Crippen LogP contribution >= 0.6 is 11.8 Å². The summed E-state index contributed by atoms with van der Waals surface area (Å²) < 4.78 is 12.9. The number of nitrogens with two attached hydrogens (primary N) is 1. The molecule has 1 aromatic carbocycles. The topological polar surface area (TPSA) is 75.6 Å². The normalized spacial score (nSPS) is 13.9. The van der Waals surface area contributed by atoms with Crippen molar-refractivity contribution in [3.8, 4) is 6.07 Å². The average Bonchev–Trinajstić information content (AvgIpc) is 3.30. The number of hydrogen-bond acceptors (Lipinski definition) is 5. The van der Waals surface area contributed by atoms with Gasteiger partial charge in [0, 0.05) is 11.7 Å². The maximum atomic E-state index is 12.9. The number of benzene rings is 1. The summed E-state index contributed by atoms with van der Waals surface area (Å²) in [6.07, 6.45) is 2.10. The molecule has 2 aromatic rings. The van der Waals surface area contributed by atoms with Gasteiger partial charge in [-0.2, -0.15) is 5.26 Å². The van der Waals surface area contributed by atoms with Crippen molar-refractivity contribution < 1.29 is 4.39 Å². The van der Waals surface area contributed by atoms with Gasteiger partial charge in [0.2, 0.25) is 0 Å². The third-order valence-electron chi connectivity index (χ3n) is 3.30. The molecule has 0 atom stereocenters. The van der Waals surface area contributed by atoms with Crippen molar-refractivity contribution in [2.45, 2.75) is 29.7 Å². The molecule has 1 aliphatic carbocycles. The molecule has 0 amide bonds. The van der Waals surface area contributed by atoms with E-state index >= 15 is 0 Å². The standard InChI is InChI=1S/C15H13FN4S/c16-11-5-1-9(2-6-11)8-21-15-19-13(10-3-4-10)12(7-17)14(18)20-15/h1-2,5-6,10H,3-4,8H2,(H2,18,19,20). The van der Waals surface area contributed by atoms with Crippen LogP contribution in [0.25, 0.3) is 0 Å². The monoisotopic (exact) mass is 300 g/mol. The quantitative estimate of drug-likeness (QED) is 0.693. The van der Waals surface area contributed by atoms with E-state index in [4.69, 9.17) is 11.0 Å². The molecule has 6 heteroatoms. The largest absolute Gasteiger partial charge is 0.382 e. The van der Waals surface area contributed by atoms with Gasteiger partial charge in [-0.25, -0.2) is 14.4 Å². The molecule has 0 saturated heterocycles. The Morgan fingerprint density at radius 2 is 2.00 bits per heavy atom. The Balaban J connectivity index is 1.79. The second-order valence-electron chi connectivity index (χ2n) is 4.95. The maximum Gasteiger partial charge on any atom is 0.190 e. The lowest BCUT2D eigenvalue weighted by Gasteiger charge is -2.07. The number of thioether (sulfide) groups is 1. The second kappa shape index (κ2) is 5.70. The molecule has 1 aromatic heterocycles. The van der Waals surface area contributed by atoms with Crippen LogP contribution in [0.2, 0.25) is 0 Å². The molecule has 106 valence electrons. The summed E-state index contributed by atoms with van der Waals surface area (Å²) >= 11 is 1.44. The van der Waals surface area contributed by atoms with E-state index in [-0.39, 0.29) is 11.6 Å². The molecular formula is C15H13FN4S. The zero-order chi connectivity index (χ0) is 14.8. The first-order valence-corrected chi connectivity index (χ1v) is 7.60. The SMILES string of the molecule is N#Cc1c(N)nc(SCc2ccc(F)cc2)nc1C1CC1. The lowest BCUT2D eigenvalue weighted by molar-refractivity contribution is 0.627. The van der Waals surface area contributed by atoms with Crippen LogP contribution in [0, 0.1) is 17.1 Å². The Bertz CT molecular complexity index is 705. The van der Waals surface area contributed by atoms with Crippen molar-refractivity contribution in [1.29, 1.82) is 5.26 Å². The Morgan fingerprint density at radius 1 is 1.29 bits per heavy atom. The minimum absolute atomic E-state index is 0.246. The summed E-state index contributed by atoms with van der Waals surface area (Å²) in [5, 5.41) is 9.72. The van der Waals surface area contributed by atoms with Crippen LogP contribution in [-0.4, -0.2) is 9.97 Å². The van der Waals surface area contributed by atoms with Crippen LogP contribution in [-0.2, 0) is 5.75 Å². The predicted molar refractivity (Wildman–Crippen MR) is 79.1 cm³/mol. The molecule has 2 N–H and O–H groups in total. The molecule has 0 unspecified atom stereocenters. The van der Waals surface area contributed by atoms with Crippen molar-refractivity contribution >= 4 is 17.6 Å². The highest BCUT2D eigenvalue weighted by Gasteiger charge is 2.29. The third kappa shape index (κ3) is 3.14. The molecule has 1 fully saturated rings. The molecule has 3 rings (SSSR count). The van der Waals surface area contributed by atoms with Crippen LogP contribution in [0.4, 0.5) is 10.2 Å². The fourth-order valence-electron chi connectivity index (χ4n) is 2.03. The number of aromatic nitrogens is 2. The first-order valence-electron chi connectivity index (χ1n) is 6.62. The van der Waals surface area contributed by atoms with Gasteiger partial charge in [-0.05, 0) is 30.5 Å². The Morgan fingerprint density at radius 3 is 2.62 bits per heavy atom. The fourth-order valence-corrected chi connectivity index (χ4v) is 2.85. The van der Waals surface area contributed by atoms with Gasteiger partial charge < -0.3 is 5.73 Å². The highest BCUT2D eigenvalue weighted by Crippen LogP contribution is 2.42. The van der Waals surface area contributed by atoms with Gasteiger partial charge in [0.25, 0.3) is 0 Å². The Labute approximate surface area is 126 Å². The average molecular weight is 300 g/mol. The molecule has 0 spiro atoms. The maximum absolute atomic E-state index is 12.9. The smallest absolute Gasteiger partial charge is 0.190 e. The molecule has 0 bridgehead atoms. The van der Waals surface area contributed by atoms with E-state index in [1.165, 1.54) is 23.9 Å². The number of nitrogens with zero attached hydrogens (tertiary/aromatic N) is 3. The van der Waals surface area contributed by atoms with Crippen LogP contribution in [0.1, 0.15) is 35.6 Å². The van der Waals surface area contributed by atoms with Gasteiger partial charge in [0.05, 0.1) is 5.69 Å². The second-order valence-corrected chi connectivity index (χ2v) is 5.90. The number of rotatable bonds is 4. The van der Waals surface area contributed by atoms with Gasteiger partial charge in [0.1, 0.15) is 23.3 Å². The van der Waals surface area contributed by atoms with Crippen LogP contribution < -0.4 is 5.73 Å². The molecule has 0 radical (unpaired) electrons. The van der Waals surface area contributed by atoms with Gasteiger partial charge in [0.15, 0.2) is 5.16 Å². The first-order chi connectivity index (χ1) is 10.2. The summed E-state index contributed by atoms with van der Waals surface area (Å²) in [5.41, 5.74) is 8.01. The first kappa shape index (κ1) is 13.8. The van der Waals surface area contributed by atoms with Crippen LogP contribution in [0.3, 0.4) is 0 Å². The van der Waals surface area contributed by atoms with E-state index in [2.05, 4.69) is 16.0 Å². The predicted octanol–water partition coefficient (Wildman–Crippen LogP) is 3.24. The number of anilines is 1. The van der Waals surface area contributed by atoms with Crippen molar-refractivity contribution in [1.82, 2.24) is 9.97 Å². The van der Waals surface area contributed by atoms with Crippen molar-refractivity contribution in [3.63, 3.8) is 0 Å². The zero-order valence-electron chi connectivity index (χ0n) is 11.2. The molecule has 0 aliphatic heterocycles. The molecule has 21 heavy (non-hydrogen) atoms. The van der Waals surface area contributed by atoms with E-state index in [9.17, 15) is 4.39 Å². The summed E-state index contributed by atoms with van der Waals surface area (Å²) in [4.78, 5) is 8.65. The van der Waals surface area contributed by atoms with E-state index < -0.39 is 0 Å². The van der Waals surface area contributed by atoms with Crippen LogP contribution in [0.15, 0.2) is 29.4 Å².